The molecule has 2 N–H and O–H groups in total. The molecule has 4 fully saturated rings. The van der Waals surface area contributed by atoms with Crippen LogP contribution in [-0.2, 0) is 13.0 Å². The highest BCUT2D eigenvalue weighted by molar-refractivity contribution is 6.04. The lowest BCUT2D eigenvalue weighted by atomic mass is 9.94. The number of aromatic nitrogens is 3. The number of hydrogen-bond donors (Lipinski definition) is 1. The summed E-state index contributed by atoms with van der Waals surface area (Å²) < 4.78 is 65.3. The van der Waals surface area contributed by atoms with Crippen molar-refractivity contribution in [2.75, 3.05) is 36.9 Å². The van der Waals surface area contributed by atoms with E-state index in [-0.39, 0.29) is 53.1 Å². The molecule has 0 aliphatic carbocycles. The van der Waals surface area contributed by atoms with Crippen molar-refractivity contribution in [2.24, 2.45) is 0 Å². The number of nitrogens with zero attached hydrogens (tertiary/aromatic N) is 6. The van der Waals surface area contributed by atoms with E-state index in [1.807, 2.05) is 30.3 Å². The Labute approximate surface area is 337 Å². The summed E-state index contributed by atoms with van der Waals surface area (Å²) in [5.74, 6) is 1.78. The minimum absolute atomic E-state index is 0.00562. The van der Waals surface area contributed by atoms with E-state index in [9.17, 15) is 9.18 Å². The third kappa shape index (κ3) is 5.73. The van der Waals surface area contributed by atoms with Crippen LogP contribution in [0.3, 0.4) is 0 Å². The van der Waals surface area contributed by atoms with Gasteiger partial charge in [-0.25, -0.2) is 22.9 Å². The zero-order valence-electron chi connectivity index (χ0n) is 32.1. The third-order valence-electron chi connectivity index (χ3n) is 13.4. The molecule has 5 atom stereocenters. The summed E-state index contributed by atoms with van der Waals surface area (Å²) >= 11 is 0. The zero-order valence-corrected chi connectivity index (χ0v) is 32.1. The van der Waals surface area contributed by atoms with Crippen LogP contribution in [0.15, 0.2) is 68.2 Å². The molecule has 59 heavy (non-hydrogen) atoms. The second kappa shape index (κ2) is 13.6. The normalized spacial score (nSPS) is 25.0. The van der Waals surface area contributed by atoms with E-state index in [4.69, 9.17) is 40.7 Å². The van der Waals surface area contributed by atoms with Crippen molar-refractivity contribution < 1.29 is 26.7 Å². The molecule has 11 nitrogen and oxygen atoms in total. The van der Waals surface area contributed by atoms with Crippen LogP contribution in [0, 0.1) is 24.0 Å². The van der Waals surface area contributed by atoms with Crippen molar-refractivity contribution >= 4 is 33.2 Å². The van der Waals surface area contributed by atoms with Gasteiger partial charge in [-0.1, -0.05) is 42.3 Å². The summed E-state index contributed by atoms with van der Waals surface area (Å²) in [6, 6.07) is 15.5. The van der Waals surface area contributed by atoms with E-state index in [0.29, 0.717) is 83.8 Å². The molecule has 5 aliphatic rings. The molecule has 3 aromatic heterocycles. The minimum atomic E-state index is -0.952. The van der Waals surface area contributed by atoms with E-state index in [2.05, 4.69) is 20.6 Å². The maximum Gasteiger partial charge on any atom is 0.519 e. The fourth-order valence-corrected chi connectivity index (χ4v) is 10.9. The second-order valence-electron chi connectivity index (χ2n) is 16.7. The molecule has 2 bridgehead atoms. The number of nitrogens with two attached hydrogens (primary N) is 1. The number of fused-ring (bicyclic) bond motifs is 7. The Morgan fingerprint density at radius 2 is 1.86 bits per heavy atom. The molecule has 0 saturated carbocycles. The first-order valence-corrected chi connectivity index (χ1v) is 20.3. The topological polar surface area (TPSA) is 127 Å². The highest BCUT2D eigenvalue weighted by Crippen LogP contribution is 2.47. The molecule has 14 heteroatoms. The van der Waals surface area contributed by atoms with Crippen molar-refractivity contribution in [1.29, 1.82) is 0 Å². The van der Waals surface area contributed by atoms with Crippen LogP contribution in [0.25, 0.3) is 44.3 Å². The first-order chi connectivity index (χ1) is 28.7. The quantitative estimate of drug-likeness (QED) is 0.132. The summed E-state index contributed by atoms with van der Waals surface area (Å²) in [5, 5.41) is 1.37. The lowest BCUT2D eigenvalue weighted by molar-refractivity contribution is 0.106. The lowest BCUT2D eigenvalue weighted by Crippen LogP contribution is -2.59. The molecule has 0 radical (unpaired) electrons. The number of alkyl halides is 1. The number of aryl methyl sites for hydroxylation is 1. The number of pyridine rings is 1. The molecule has 8 heterocycles. The first kappa shape index (κ1) is 36.2. The molecule has 6 aromatic rings. The molecule has 300 valence electrons. The predicted molar refractivity (Wildman–Crippen MR) is 216 cm³/mol. The number of anilines is 2. The van der Waals surface area contributed by atoms with Gasteiger partial charge in [0.25, 0.3) is 0 Å². The van der Waals surface area contributed by atoms with Gasteiger partial charge in [0.05, 0.1) is 28.7 Å². The Kier molecular flexibility index (Phi) is 8.33. The number of hydrogen-bond acceptors (Lipinski definition) is 11. The maximum absolute atomic E-state index is 17.5. The van der Waals surface area contributed by atoms with E-state index in [1.54, 1.807) is 18.2 Å². The molecule has 3 aromatic carbocycles. The highest BCUT2D eigenvalue weighted by Gasteiger charge is 2.51. The fourth-order valence-electron chi connectivity index (χ4n) is 10.9. The second-order valence-corrected chi connectivity index (χ2v) is 16.7. The van der Waals surface area contributed by atoms with Crippen molar-refractivity contribution in [3.8, 4) is 40.9 Å². The van der Waals surface area contributed by atoms with Gasteiger partial charge in [0.15, 0.2) is 17.3 Å². The number of rotatable bonds is 7. The Morgan fingerprint density at radius 1 is 1.00 bits per heavy atom. The molecular weight excluding hydrogens is 760 g/mol. The summed E-state index contributed by atoms with van der Waals surface area (Å²) in [5.41, 5.74) is 7.79. The zero-order chi connectivity index (χ0) is 40.2. The summed E-state index contributed by atoms with van der Waals surface area (Å²) in [6.45, 7) is 2.25. The first-order valence-electron chi connectivity index (χ1n) is 20.3. The van der Waals surface area contributed by atoms with Gasteiger partial charge >= 0.3 is 11.8 Å². The van der Waals surface area contributed by atoms with Crippen molar-refractivity contribution in [2.45, 2.75) is 81.3 Å². The third-order valence-corrected chi connectivity index (χ3v) is 13.4. The minimum Gasteiger partial charge on any atom is -0.461 e. The summed E-state index contributed by atoms with van der Waals surface area (Å²) in [7, 11) is 0. The van der Waals surface area contributed by atoms with Crippen LogP contribution in [0.1, 0.15) is 55.5 Å². The lowest BCUT2D eigenvalue weighted by Gasteiger charge is -2.47. The van der Waals surface area contributed by atoms with Gasteiger partial charge in [0.1, 0.15) is 35.6 Å². The van der Waals surface area contributed by atoms with Gasteiger partial charge in [0.2, 0.25) is 0 Å². The van der Waals surface area contributed by atoms with Crippen molar-refractivity contribution in [3.05, 3.63) is 93.9 Å². The van der Waals surface area contributed by atoms with Gasteiger partial charge < -0.3 is 24.2 Å². The number of halogens is 3. The van der Waals surface area contributed by atoms with Crippen LogP contribution < -0.4 is 21.2 Å². The molecule has 0 unspecified atom stereocenters. The fraction of sp³-hybridized carbons (Fsp3) is 0.378. The smallest absolute Gasteiger partial charge is 0.461 e. The number of terminal acetylenes is 1. The van der Waals surface area contributed by atoms with Crippen molar-refractivity contribution in [1.82, 2.24) is 24.8 Å². The van der Waals surface area contributed by atoms with Crippen LogP contribution in [0.4, 0.5) is 24.7 Å². The largest absolute Gasteiger partial charge is 0.519 e. The van der Waals surface area contributed by atoms with E-state index >= 15 is 8.78 Å². The predicted octanol–water partition coefficient (Wildman–Crippen LogP) is 7.02. The molecule has 11 rings (SSSR count). The Hall–Kier alpha value is -5.91. The van der Waals surface area contributed by atoms with Crippen LogP contribution >= 0.6 is 0 Å². The van der Waals surface area contributed by atoms with Crippen LogP contribution in [0.2, 0.25) is 0 Å². The van der Waals surface area contributed by atoms with Gasteiger partial charge in [-0.3, -0.25) is 9.80 Å². The van der Waals surface area contributed by atoms with E-state index in [1.165, 1.54) is 6.07 Å². The van der Waals surface area contributed by atoms with Gasteiger partial charge in [-0.15, -0.1) is 6.42 Å². The Bertz CT molecular complexity index is 2790. The Morgan fingerprint density at radius 3 is 2.71 bits per heavy atom. The number of ether oxygens (including phenoxy) is 1. The number of nitrogen functional groups attached to an aromatic ring is 1. The van der Waals surface area contributed by atoms with Crippen LogP contribution in [-0.4, -0.2) is 80.8 Å². The van der Waals surface area contributed by atoms with Crippen molar-refractivity contribution in [3.63, 3.8) is 0 Å². The van der Waals surface area contributed by atoms with Gasteiger partial charge in [-0.2, -0.15) is 9.97 Å². The summed E-state index contributed by atoms with van der Waals surface area (Å²) in [4.78, 5) is 34.1. The molecule has 0 amide bonds. The molecule has 0 spiro atoms. The molecule has 4 saturated heterocycles. The average Bonchev–Trinajstić information content (AvgIpc) is 3.93. The number of benzene rings is 3. The monoisotopic (exact) mass is 799 g/mol. The summed E-state index contributed by atoms with van der Waals surface area (Å²) in [6.07, 6.45) is 9.85. The van der Waals surface area contributed by atoms with E-state index in [0.717, 1.165) is 37.8 Å². The highest BCUT2D eigenvalue weighted by atomic mass is 19.1. The van der Waals surface area contributed by atoms with E-state index < -0.39 is 29.2 Å². The van der Waals surface area contributed by atoms with Gasteiger partial charge in [0, 0.05) is 59.8 Å². The SMILES string of the molecule is C#Cc1c(F)ccc2cc(N)cc(-c3nc4c5c(nc(OC[C@@]67CCCN6C[C@H](F)C7)nc5c3F)N3C[C@H]5CC[C@@H]([C@@H]3CC4)N5Cc3oc(=O)oc3-c3ccccc3)c12. The average molecular weight is 800 g/mol. The maximum atomic E-state index is 17.5. The standard InChI is InChI=1S/C45H40F3N7O4/c1-2-29-31(47)11-9-25-17-27(49)18-30(36(25)29)39-38(48)40-37-32(50-39)12-14-34-33-13-10-28(54(33)22-35-41(59-44(56)58-35)24-7-4-3-5-8-24)21-55(34)42(37)52-43(51-40)57-23-45-15-6-16-53(45)20-26(46)19-45/h1,3-5,7-9,11,17-18,26,28,33-34H,6,10,12-16,19-23,49H2/t26-,28-,33+,34+,45+/m1/s1. The molecule has 5 aliphatic heterocycles. The number of piperazine rings is 1. The van der Waals surface area contributed by atoms with Gasteiger partial charge in [-0.05, 0) is 68.7 Å². The Balaban J connectivity index is 1.04. The molecular formula is C45H40F3N7O4. The van der Waals surface area contributed by atoms with Crippen LogP contribution in [0.5, 0.6) is 6.01 Å².